The van der Waals surface area contributed by atoms with Crippen LogP contribution < -0.4 is 4.90 Å². The van der Waals surface area contributed by atoms with E-state index in [1.807, 2.05) is 7.05 Å². The zero-order valence-corrected chi connectivity index (χ0v) is 11.7. The molecule has 0 N–H and O–H groups in total. The van der Waals surface area contributed by atoms with Crippen LogP contribution in [0.3, 0.4) is 0 Å². The van der Waals surface area contributed by atoms with Crippen molar-refractivity contribution in [1.82, 2.24) is 14.9 Å². The molecule has 104 valence electrons. The van der Waals surface area contributed by atoms with E-state index in [9.17, 15) is 4.79 Å². The monoisotopic (exact) mass is 264 g/mol. The standard InChI is InChI=1S/C13H20N4O2/c1-16-6-4-5-10(16)9-17(2)12-8-14-11(7-15-12)13(18)19-3/h7-8,10H,4-6,9H2,1-3H3. The van der Waals surface area contributed by atoms with Crippen LogP contribution in [0.5, 0.6) is 0 Å². The Balaban J connectivity index is 1.99. The number of aromatic nitrogens is 2. The third-order valence-corrected chi connectivity index (χ3v) is 3.58. The molecule has 1 fully saturated rings. The fourth-order valence-electron chi connectivity index (χ4n) is 2.35. The molecule has 1 unspecified atom stereocenters. The number of rotatable bonds is 4. The van der Waals surface area contributed by atoms with E-state index in [1.54, 1.807) is 6.20 Å². The first-order valence-electron chi connectivity index (χ1n) is 6.43. The molecule has 19 heavy (non-hydrogen) atoms. The van der Waals surface area contributed by atoms with Gasteiger partial charge in [-0.05, 0) is 26.4 Å². The molecule has 1 aliphatic rings. The lowest BCUT2D eigenvalue weighted by Gasteiger charge is -2.26. The van der Waals surface area contributed by atoms with E-state index >= 15 is 0 Å². The topological polar surface area (TPSA) is 58.6 Å². The maximum atomic E-state index is 11.3. The number of esters is 1. The highest BCUT2D eigenvalue weighted by Crippen LogP contribution is 2.17. The summed E-state index contributed by atoms with van der Waals surface area (Å²) in [6.45, 7) is 2.08. The van der Waals surface area contributed by atoms with Gasteiger partial charge < -0.3 is 14.5 Å². The number of nitrogens with zero attached hydrogens (tertiary/aromatic N) is 4. The molecule has 0 saturated carbocycles. The normalized spacial score (nSPS) is 19.4. The summed E-state index contributed by atoms with van der Waals surface area (Å²) in [5, 5.41) is 0. The van der Waals surface area contributed by atoms with Crippen molar-refractivity contribution in [3.8, 4) is 0 Å². The number of anilines is 1. The van der Waals surface area contributed by atoms with Crippen molar-refractivity contribution in [1.29, 1.82) is 0 Å². The highest BCUT2D eigenvalue weighted by Gasteiger charge is 2.22. The first-order chi connectivity index (χ1) is 9.11. The van der Waals surface area contributed by atoms with Crippen LogP contribution in [0.4, 0.5) is 5.82 Å². The van der Waals surface area contributed by atoms with Crippen LogP contribution >= 0.6 is 0 Å². The van der Waals surface area contributed by atoms with Gasteiger partial charge in [0.2, 0.25) is 0 Å². The second kappa shape index (κ2) is 5.97. The molecular formula is C13H20N4O2. The highest BCUT2D eigenvalue weighted by molar-refractivity contribution is 5.86. The molecule has 1 saturated heterocycles. The fraction of sp³-hybridized carbons (Fsp3) is 0.615. The number of hydrogen-bond acceptors (Lipinski definition) is 6. The molecule has 0 amide bonds. The van der Waals surface area contributed by atoms with Gasteiger partial charge in [-0.25, -0.2) is 14.8 Å². The summed E-state index contributed by atoms with van der Waals surface area (Å²) in [5.41, 5.74) is 0.234. The summed E-state index contributed by atoms with van der Waals surface area (Å²) in [6.07, 6.45) is 5.54. The van der Waals surface area contributed by atoms with Crippen LogP contribution in [-0.2, 0) is 4.74 Å². The van der Waals surface area contributed by atoms with Crippen LogP contribution in [0.25, 0.3) is 0 Å². The zero-order valence-electron chi connectivity index (χ0n) is 11.7. The van der Waals surface area contributed by atoms with Gasteiger partial charge in [0, 0.05) is 19.6 Å². The van der Waals surface area contributed by atoms with Crippen LogP contribution in [0.2, 0.25) is 0 Å². The lowest BCUT2D eigenvalue weighted by molar-refractivity contribution is 0.0593. The molecule has 6 heteroatoms. The molecule has 1 aromatic rings. The largest absolute Gasteiger partial charge is 0.464 e. The predicted octanol–water partition coefficient (Wildman–Crippen LogP) is 0.794. The van der Waals surface area contributed by atoms with Gasteiger partial charge in [-0.2, -0.15) is 0 Å². The number of likely N-dealkylation sites (N-methyl/N-ethyl adjacent to an activating group) is 2. The van der Waals surface area contributed by atoms with Gasteiger partial charge in [-0.15, -0.1) is 0 Å². The van der Waals surface area contributed by atoms with Gasteiger partial charge in [0.25, 0.3) is 0 Å². The molecule has 1 aliphatic heterocycles. The van der Waals surface area contributed by atoms with Crippen molar-refractivity contribution in [3.05, 3.63) is 18.1 Å². The average Bonchev–Trinajstić information content (AvgIpc) is 2.83. The minimum Gasteiger partial charge on any atom is -0.464 e. The highest BCUT2D eigenvalue weighted by atomic mass is 16.5. The number of hydrogen-bond donors (Lipinski definition) is 0. The molecule has 0 aromatic carbocycles. The van der Waals surface area contributed by atoms with E-state index in [4.69, 9.17) is 0 Å². The van der Waals surface area contributed by atoms with Crippen LogP contribution in [0.15, 0.2) is 12.4 Å². The Morgan fingerprint density at radius 3 is 2.84 bits per heavy atom. The number of ether oxygens (including phenoxy) is 1. The maximum absolute atomic E-state index is 11.3. The molecule has 0 aliphatic carbocycles. The molecule has 1 aromatic heterocycles. The molecular weight excluding hydrogens is 244 g/mol. The number of carbonyl (C=O) groups excluding carboxylic acids is 1. The van der Waals surface area contributed by atoms with E-state index in [1.165, 1.54) is 26.1 Å². The molecule has 2 heterocycles. The fourth-order valence-corrected chi connectivity index (χ4v) is 2.35. The van der Waals surface area contributed by atoms with E-state index in [0.717, 1.165) is 18.9 Å². The molecule has 0 spiro atoms. The zero-order chi connectivity index (χ0) is 13.8. The summed E-state index contributed by atoms with van der Waals surface area (Å²) in [5.74, 6) is 0.310. The third-order valence-electron chi connectivity index (χ3n) is 3.58. The van der Waals surface area contributed by atoms with Gasteiger partial charge >= 0.3 is 5.97 Å². The average molecular weight is 264 g/mol. The Morgan fingerprint density at radius 2 is 2.32 bits per heavy atom. The van der Waals surface area contributed by atoms with Gasteiger partial charge in [0.15, 0.2) is 5.69 Å². The summed E-state index contributed by atoms with van der Waals surface area (Å²) < 4.78 is 4.60. The quantitative estimate of drug-likeness (QED) is 0.750. The van der Waals surface area contributed by atoms with Crippen LogP contribution in [-0.4, -0.2) is 61.2 Å². The number of likely N-dealkylation sites (tertiary alicyclic amines) is 1. The van der Waals surface area contributed by atoms with Crippen LogP contribution in [0.1, 0.15) is 23.3 Å². The second-order valence-electron chi connectivity index (χ2n) is 4.91. The summed E-state index contributed by atoms with van der Waals surface area (Å²) in [6, 6.07) is 0.562. The summed E-state index contributed by atoms with van der Waals surface area (Å²) in [4.78, 5) is 24.0. The first-order valence-corrected chi connectivity index (χ1v) is 6.43. The molecule has 2 rings (SSSR count). The second-order valence-corrected chi connectivity index (χ2v) is 4.91. The summed E-state index contributed by atoms with van der Waals surface area (Å²) in [7, 11) is 5.48. The Bertz CT molecular complexity index is 435. The summed E-state index contributed by atoms with van der Waals surface area (Å²) >= 11 is 0. The van der Waals surface area contributed by atoms with Gasteiger partial charge in [-0.1, -0.05) is 0 Å². The molecule has 0 radical (unpaired) electrons. The first kappa shape index (κ1) is 13.7. The van der Waals surface area contributed by atoms with Crippen molar-refractivity contribution in [2.75, 3.05) is 39.2 Å². The maximum Gasteiger partial charge on any atom is 0.358 e. The third kappa shape index (κ3) is 3.20. The Kier molecular flexibility index (Phi) is 4.31. The van der Waals surface area contributed by atoms with Gasteiger partial charge in [0.1, 0.15) is 5.82 Å². The molecule has 1 atom stereocenters. The lowest BCUT2D eigenvalue weighted by Crippen LogP contribution is -2.37. The minimum absolute atomic E-state index is 0.234. The molecule has 0 bridgehead atoms. The Morgan fingerprint density at radius 1 is 1.53 bits per heavy atom. The Hall–Kier alpha value is -1.69. The van der Waals surface area contributed by atoms with Crippen LogP contribution in [0, 0.1) is 0 Å². The predicted molar refractivity (Wildman–Crippen MR) is 72.3 cm³/mol. The van der Waals surface area contributed by atoms with Crippen molar-refractivity contribution in [3.63, 3.8) is 0 Å². The SMILES string of the molecule is COC(=O)c1cnc(N(C)CC2CCCN2C)cn1. The van der Waals surface area contributed by atoms with Crippen molar-refractivity contribution < 1.29 is 9.53 Å². The van der Waals surface area contributed by atoms with Gasteiger partial charge in [-0.3, -0.25) is 0 Å². The van der Waals surface area contributed by atoms with E-state index in [-0.39, 0.29) is 5.69 Å². The minimum atomic E-state index is -0.461. The van der Waals surface area contributed by atoms with Crippen molar-refractivity contribution >= 4 is 11.8 Å². The lowest BCUT2D eigenvalue weighted by atomic mass is 10.2. The van der Waals surface area contributed by atoms with E-state index < -0.39 is 5.97 Å². The molecule has 6 nitrogen and oxygen atoms in total. The number of carbonyl (C=O) groups is 1. The Labute approximate surface area is 113 Å². The van der Waals surface area contributed by atoms with Gasteiger partial charge in [0.05, 0.1) is 19.5 Å². The van der Waals surface area contributed by atoms with Crippen molar-refractivity contribution in [2.45, 2.75) is 18.9 Å². The van der Waals surface area contributed by atoms with Crippen molar-refractivity contribution in [2.24, 2.45) is 0 Å². The van der Waals surface area contributed by atoms with E-state index in [0.29, 0.717) is 6.04 Å². The van der Waals surface area contributed by atoms with E-state index in [2.05, 4.69) is 31.6 Å². The smallest absolute Gasteiger partial charge is 0.358 e. The number of methoxy groups -OCH3 is 1.